The molecule has 1 unspecified atom stereocenters. The van der Waals surface area contributed by atoms with Gasteiger partial charge in [-0.05, 0) is 55.2 Å². The number of oxime groups is 1. The SMILES string of the molecule is O/N=C/[C@@H]1CC1c1cccc2c1C[C@@H](CCCCc1ccccc1)O2. The minimum atomic E-state index is 0.315. The van der Waals surface area contributed by atoms with Crippen LogP contribution in [0.5, 0.6) is 5.75 Å². The molecule has 3 nitrogen and oxygen atoms in total. The number of hydrogen-bond acceptors (Lipinski definition) is 3. The number of fused-ring (bicyclic) bond motifs is 1. The van der Waals surface area contributed by atoms with Gasteiger partial charge in [-0.3, -0.25) is 0 Å². The fraction of sp³-hybridized carbons (Fsp3) is 0.409. The van der Waals surface area contributed by atoms with E-state index in [0.29, 0.717) is 17.9 Å². The van der Waals surface area contributed by atoms with Crippen LogP contribution in [0.2, 0.25) is 0 Å². The first-order valence-electron chi connectivity index (χ1n) is 9.35. The lowest BCUT2D eigenvalue weighted by Gasteiger charge is -2.10. The molecule has 1 aliphatic carbocycles. The average molecular weight is 335 g/mol. The molecule has 3 atom stereocenters. The fourth-order valence-electron chi connectivity index (χ4n) is 4.04. The van der Waals surface area contributed by atoms with E-state index < -0.39 is 0 Å². The standard InChI is InChI=1S/C22H25NO2/c24-23-15-17-13-20(17)19-11-6-12-22-21(19)14-18(25-22)10-5-4-9-16-7-2-1-3-8-16/h1-3,6-8,11-12,15,17-18,20,24H,4-5,9-10,13-14H2/b23-15+/t17-,18+,20?/m0/s1. The summed E-state index contributed by atoms with van der Waals surface area (Å²) in [6.07, 6.45) is 8.77. The summed E-state index contributed by atoms with van der Waals surface area (Å²) in [5.74, 6) is 1.96. The lowest BCUT2D eigenvalue weighted by atomic mass is 9.96. The van der Waals surface area contributed by atoms with E-state index in [2.05, 4.69) is 53.7 Å². The van der Waals surface area contributed by atoms with Crippen molar-refractivity contribution in [3.63, 3.8) is 0 Å². The van der Waals surface area contributed by atoms with Gasteiger partial charge >= 0.3 is 0 Å². The van der Waals surface area contributed by atoms with E-state index in [0.717, 1.165) is 31.4 Å². The molecule has 0 bridgehead atoms. The highest BCUT2D eigenvalue weighted by Crippen LogP contribution is 2.50. The van der Waals surface area contributed by atoms with Gasteiger partial charge in [0.05, 0.1) is 0 Å². The van der Waals surface area contributed by atoms with Crippen molar-refractivity contribution < 1.29 is 9.94 Å². The first-order chi connectivity index (χ1) is 12.3. The first kappa shape index (κ1) is 16.2. The van der Waals surface area contributed by atoms with Crippen molar-refractivity contribution in [2.75, 3.05) is 0 Å². The number of rotatable bonds is 7. The van der Waals surface area contributed by atoms with Gasteiger partial charge in [-0.15, -0.1) is 5.16 Å². The molecule has 2 aliphatic rings. The van der Waals surface area contributed by atoms with E-state index in [1.807, 2.05) is 0 Å². The van der Waals surface area contributed by atoms with E-state index in [1.54, 1.807) is 6.21 Å². The van der Waals surface area contributed by atoms with Gasteiger partial charge < -0.3 is 9.94 Å². The zero-order valence-electron chi connectivity index (χ0n) is 14.5. The quantitative estimate of drug-likeness (QED) is 0.336. The summed E-state index contributed by atoms with van der Waals surface area (Å²) in [6.45, 7) is 0. The molecule has 2 aromatic carbocycles. The summed E-state index contributed by atoms with van der Waals surface area (Å²) in [5, 5.41) is 11.9. The molecule has 1 fully saturated rings. The Morgan fingerprint density at radius 3 is 2.80 bits per heavy atom. The van der Waals surface area contributed by atoms with Crippen LogP contribution in [-0.4, -0.2) is 17.5 Å². The molecule has 0 saturated heterocycles. The van der Waals surface area contributed by atoms with Gasteiger partial charge in [0, 0.05) is 24.1 Å². The molecular weight excluding hydrogens is 310 g/mol. The predicted octanol–water partition coefficient (Wildman–Crippen LogP) is 4.97. The molecule has 4 rings (SSSR count). The third-order valence-electron chi connectivity index (χ3n) is 5.48. The van der Waals surface area contributed by atoms with Crippen LogP contribution >= 0.6 is 0 Å². The molecule has 2 aromatic rings. The van der Waals surface area contributed by atoms with Crippen molar-refractivity contribution in [3.8, 4) is 5.75 Å². The molecule has 1 N–H and O–H groups in total. The van der Waals surface area contributed by atoms with Crippen LogP contribution in [0.25, 0.3) is 0 Å². The number of nitrogens with zero attached hydrogens (tertiary/aromatic N) is 1. The molecule has 0 aromatic heterocycles. The minimum absolute atomic E-state index is 0.315. The van der Waals surface area contributed by atoms with Crippen molar-refractivity contribution in [1.29, 1.82) is 0 Å². The lowest BCUT2D eigenvalue weighted by molar-refractivity contribution is 0.217. The predicted molar refractivity (Wildman–Crippen MR) is 99.7 cm³/mol. The van der Waals surface area contributed by atoms with E-state index in [4.69, 9.17) is 9.94 Å². The molecule has 1 heterocycles. The number of unbranched alkanes of at least 4 members (excludes halogenated alkanes) is 1. The second kappa shape index (κ2) is 7.30. The normalized spacial score (nSPS) is 24.2. The molecule has 0 amide bonds. The summed E-state index contributed by atoms with van der Waals surface area (Å²) >= 11 is 0. The summed E-state index contributed by atoms with van der Waals surface area (Å²) in [6, 6.07) is 17.1. The largest absolute Gasteiger partial charge is 0.490 e. The van der Waals surface area contributed by atoms with Crippen LogP contribution in [0.3, 0.4) is 0 Å². The molecule has 3 heteroatoms. The summed E-state index contributed by atoms with van der Waals surface area (Å²) in [5.41, 5.74) is 4.20. The molecule has 1 saturated carbocycles. The van der Waals surface area contributed by atoms with Gasteiger partial charge in [-0.1, -0.05) is 42.5 Å². The van der Waals surface area contributed by atoms with E-state index in [1.165, 1.54) is 29.5 Å². The van der Waals surface area contributed by atoms with Crippen LogP contribution in [-0.2, 0) is 12.8 Å². The Morgan fingerprint density at radius 1 is 1.08 bits per heavy atom. The zero-order valence-corrected chi connectivity index (χ0v) is 14.5. The summed E-state index contributed by atoms with van der Waals surface area (Å²) in [7, 11) is 0. The maximum atomic E-state index is 8.72. The highest BCUT2D eigenvalue weighted by Gasteiger charge is 2.40. The highest BCUT2D eigenvalue weighted by molar-refractivity contribution is 5.67. The smallest absolute Gasteiger partial charge is 0.123 e. The third kappa shape index (κ3) is 3.71. The van der Waals surface area contributed by atoms with Crippen molar-refractivity contribution in [1.82, 2.24) is 0 Å². The summed E-state index contributed by atoms with van der Waals surface area (Å²) in [4.78, 5) is 0. The van der Waals surface area contributed by atoms with E-state index in [-0.39, 0.29) is 0 Å². The van der Waals surface area contributed by atoms with Gasteiger partial charge in [0.25, 0.3) is 0 Å². The van der Waals surface area contributed by atoms with Crippen LogP contribution in [0, 0.1) is 5.92 Å². The Hall–Kier alpha value is -2.29. The summed E-state index contributed by atoms with van der Waals surface area (Å²) < 4.78 is 6.19. The minimum Gasteiger partial charge on any atom is -0.490 e. The molecule has 0 spiro atoms. The number of ether oxygens (including phenoxy) is 1. The number of hydrogen-bond donors (Lipinski definition) is 1. The van der Waals surface area contributed by atoms with Gasteiger partial charge in [-0.25, -0.2) is 0 Å². The van der Waals surface area contributed by atoms with Crippen LogP contribution in [0.1, 0.15) is 48.3 Å². The maximum Gasteiger partial charge on any atom is 0.123 e. The molecule has 25 heavy (non-hydrogen) atoms. The van der Waals surface area contributed by atoms with Gasteiger partial charge in [0.1, 0.15) is 11.9 Å². The van der Waals surface area contributed by atoms with Crippen LogP contribution in [0.15, 0.2) is 53.7 Å². The Bertz CT molecular complexity index is 741. The second-order valence-electron chi connectivity index (χ2n) is 7.27. The van der Waals surface area contributed by atoms with E-state index >= 15 is 0 Å². The average Bonchev–Trinajstić information content (AvgIpc) is 3.27. The lowest BCUT2D eigenvalue weighted by Crippen LogP contribution is -2.12. The van der Waals surface area contributed by atoms with Gasteiger partial charge in [0.15, 0.2) is 0 Å². The fourth-order valence-corrected chi connectivity index (χ4v) is 4.04. The monoisotopic (exact) mass is 335 g/mol. The molecular formula is C22H25NO2. The Kier molecular flexibility index (Phi) is 4.73. The molecule has 1 aliphatic heterocycles. The Morgan fingerprint density at radius 2 is 1.96 bits per heavy atom. The van der Waals surface area contributed by atoms with E-state index in [9.17, 15) is 0 Å². The van der Waals surface area contributed by atoms with Crippen molar-refractivity contribution in [2.45, 2.75) is 50.5 Å². The zero-order chi connectivity index (χ0) is 17.1. The van der Waals surface area contributed by atoms with Gasteiger partial charge in [-0.2, -0.15) is 0 Å². The van der Waals surface area contributed by atoms with Crippen LogP contribution in [0.4, 0.5) is 0 Å². The van der Waals surface area contributed by atoms with Crippen molar-refractivity contribution >= 4 is 6.21 Å². The topological polar surface area (TPSA) is 41.8 Å². The molecule has 130 valence electrons. The molecule has 0 radical (unpaired) electrons. The van der Waals surface area contributed by atoms with Crippen molar-refractivity contribution in [2.24, 2.45) is 11.1 Å². The number of benzene rings is 2. The number of aryl methyl sites for hydroxylation is 1. The van der Waals surface area contributed by atoms with Crippen LogP contribution < -0.4 is 4.74 Å². The van der Waals surface area contributed by atoms with Crippen molar-refractivity contribution in [3.05, 3.63) is 65.2 Å². The second-order valence-corrected chi connectivity index (χ2v) is 7.27. The first-order valence-corrected chi connectivity index (χ1v) is 9.35. The Labute approximate surface area is 149 Å². The van der Waals surface area contributed by atoms with Gasteiger partial charge in [0.2, 0.25) is 0 Å². The third-order valence-corrected chi connectivity index (χ3v) is 5.48. The Balaban J connectivity index is 1.30. The highest BCUT2D eigenvalue weighted by atomic mass is 16.5. The maximum absolute atomic E-state index is 8.72.